The van der Waals surface area contributed by atoms with Gasteiger partial charge in [0, 0.05) is 24.8 Å². The molecule has 2 amide bonds. The Kier molecular flexibility index (Phi) is 6.20. The van der Waals surface area contributed by atoms with E-state index in [1.165, 1.54) is 0 Å². The van der Waals surface area contributed by atoms with Crippen molar-refractivity contribution in [1.82, 2.24) is 20.4 Å². The molecular formula is C14H24N4O3. The van der Waals surface area contributed by atoms with Crippen LogP contribution in [0, 0.1) is 19.8 Å². The number of nitrogens with one attached hydrogen (secondary N) is 2. The number of carbonyl (C=O) groups is 2. The van der Waals surface area contributed by atoms with Crippen LogP contribution in [0.5, 0.6) is 0 Å². The van der Waals surface area contributed by atoms with Crippen LogP contribution in [0.15, 0.2) is 6.07 Å². The molecule has 0 aliphatic heterocycles. The summed E-state index contributed by atoms with van der Waals surface area (Å²) in [5.41, 5.74) is 2.08. The lowest BCUT2D eigenvalue weighted by Gasteiger charge is -2.18. The van der Waals surface area contributed by atoms with E-state index in [2.05, 4.69) is 15.7 Å². The number of carboxylic acid groups (broad SMARTS) is 1. The summed E-state index contributed by atoms with van der Waals surface area (Å²) in [5.74, 6) is -1.54. The summed E-state index contributed by atoms with van der Waals surface area (Å²) < 4.78 is 1.91. The molecule has 2 atom stereocenters. The predicted octanol–water partition coefficient (Wildman–Crippen LogP) is 1.30. The van der Waals surface area contributed by atoms with Crippen LogP contribution in [-0.4, -0.2) is 39.5 Å². The van der Waals surface area contributed by atoms with Gasteiger partial charge in [-0.25, -0.2) is 4.79 Å². The van der Waals surface area contributed by atoms with Gasteiger partial charge in [-0.2, -0.15) is 5.10 Å². The number of rotatable bonds is 7. The maximum absolute atomic E-state index is 11.6. The predicted molar refractivity (Wildman–Crippen MR) is 79.1 cm³/mol. The normalized spacial score (nSPS) is 13.5. The second-order valence-electron chi connectivity index (χ2n) is 5.32. The highest BCUT2D eigenvalue weighted by Crippen LogP contribution is 2.03. The smallest absolute Gasteiger partial charge is 0.315 e. The molecule has 0 saturated heterocycles. The molecule has 1 aromatic heterocycles. The van der Waals surface area contributed by atoms with E-state index >= 15 is 0 Å². The van der Waals surface area contributed by atoms with Crippen molar-refractivity contribution in [2.45, 2.75) is 46.7 Å². The summed E-state index contributed by atoms with van der Waals surface area (Å²) in [6, 6.07) is 1.25. The third-order valence-electron chi connectivity index (χ3n) is 3.43. The van der Waals surface area contributed by atoms with Gasteiger partial charge in [0.2, 0.25) is 0 Å². The highest BCUT2D eigenvalue weighted by molar-refractivity contribution is 5.76. The van der Waals surface area contributed by atoms with Gasteiger partial charge < -0.3 is 15.7 Å². The van der Waals surface area contributed by atoms with E-state index in [1.807, 2.05) is 24.6 Å². The number of aliphatic carboxylic acids is 1. The number of nitrogens with zero attached hydrogens (tertiary/aromatic N) is 2. The van der Waals surface area contributed by atoms with Crippen LogP contribution >= 0.6 is 0 Å². The van der Waals surface area contributed by atoms with Gasteiger partial charge in [-0.05, 0) is 40.2 Å². The summed E-state index contributed by atoms with van der Waals surface area (Å²) in [4.78, 5) is 22.4. The topological polar surface area (TPSA) is 96.2 Å². The fourth-order valence-corrected chi connectivity index (χ4v) is 1.93. The van der Waals surface area contributed by atoms with Gasteiger partial charge >= 0.3 is 12.0 Å². The SMILES string of the molecule is Cc1cc(C)n(CCCNC(=O)NC(C)C(C)C(=O)O)n1. The van der Waals surface area contributed by atoms with Crippen molar-refractivity contribution in [2.24, 2.45) is 5.92 Å². The van der Waals surface area contributed by atoms with Crippen LogP contribution < -0.4 is 10.6 Å². The van der Waals surface area contributed by atoms with Gasteiger partial charge in [-0.3, -0.25) is 9.48 Å². The van der Waals surface area contributed by atoms with Gasteiger partial charge in [0.1, 0.15) is 0 Å². The minimum absolute atomic E-state index is 0.344. The molecule has 0 saturated carbocycles. The van der Waals surface area contributed by atoms with Crippen molar-refractivity contribution in [3.63, 3.8) is 0 Å². The molecule has 0 fully saturated rings. The van der Waals surface area contributed by atoms with Crippen molar-refractivity contribution in [1.29, 1.82) is 0 Å². The number of urea groups is 1. The molecule has 3 N–H and O–H groups in total. The first kappa shape index (κ1) is 17.0. The fourth-order valence-electron chi connectivity index (χ4n) is 1.93. The largest absolute Gasteiger partial charge is 0.481 e. The third kappa shape index (κ3) is 5.45. The van der Waals surface area contributed by atoms with Crippen LogP contribution in [0.25, 0.3) is 0 Å². The van der Waals surface area contributed by atoms with Gasteiger partial charge in [-0.1, -0.05) is 0 Å². The van der Waals surface area contributed by atoms with Crippen LogP contribution in [0.3, 0.4) is 0 Å². The third-order valence-corrected chi connectivity index (χ3v) is 3.43. The van der Waals surface area contributed by atoms with Crippen molar-refractivity contribution < 1.29 is 14.7 Å². The summed E-state index contributed by atoms with van der Waals surface area (Å²) in [5, 5.41) is 18.5. The standard InChI is InChI=1S/C14H24N4O3/c1-9-8-10(2)18(17-9)7-5-6-15-14(21)16-12(4)11(3)13(19)20/h8,11-12H,5-7H2,1-4H3,(H,19,20)(H2,15,16,21). The van der Waals surface area contributed by atoms with E-state index < -0.39 is 17.9 Å². The van der Waals surface area contributed by atoms with Crippen LogP contribution in [-0.2, 0) is 11.3 Å². The maximum atomic E-state index is 11.6. The Morgan fingerprint density at radius 1 is 1.38 bits per heavy atom. The Labute approximate surface area is 124 Å². The fraction of sp³-hybridized carbons (Fsp3) is 0.643. The zero-order valence-electron chi connectivity index (χ0n) is 13.0. The van der Waals surface area contributed by atoms with Gasteiger partial charge in [0.25, 0.3) is 0 Å². The van der Waals surface area contributed by atoms with E-state index in [1.54, 1.807) is 13.8 Å². The molecule has 1 aromatic rings. The quantitative estimate of drug-likeness (QED) is 0.661. The average molecular weight is 296 g/mol. The first-order chi connectivity index (χ1) is 9.81. The summed E-state index contributed by atoms with van der Waals surface area (Å²) in [6.07, 6.45) is 0.762. The van der Waals surface area contributed by atoms with E-state index in [-0.39, 0.29) is 6.03 Å². The highest BCUT2D eigenvalue weighted by Gasteiger charge is 2.20. The molecule has 0 aliphatic rings. The Morgan fingerprint density at radius 3 is 2.57 bits per heavy atom. The Bertz CT molecular complexity index is 498. The Balaban J connectivity index is 2.25. The Morgan fingerprint density at radius 2 is 2.05 bits per heavy atom. The lowest BCUT2D eigenvalue weighted by molar-refractivity contribution is -0.141. The molecule has 0 bridgehead atoms. The van der Waals surface area contributed by atoms with Crippen molar-refractivity contribution in [3.05, 3.63) is 17.5 Å². The molecule has 0 radical (unpaired) electrons. The molecule has 0 spiro atoms. The molecular weight excluding hydrogens is 272 g/mol. The second-order valence-corrected chi connectivity index (χ2v) is 5.32. The van der Waals surface area contributed by atoms with Crippen molar-refractivity contribution >= 4 is 12.0 Å². The lowest BCUT2D eigenvalue weighted by atomic mass is 10.0. The minimum atomic E-state index is -0.924. The van der Waals surface area contributed by atoms with Crippen LogP contribution in [0.2, 0.25) is 0 Å². The Hall–Kier alpha value is -2.05. The van der Waals surface area contributed by atoms with Gasteiger partial charge in [-0.15, -0.1) is 0 Å². The maximum Gasteiger partial charge on any atom is 0.315 e. The lowest BCUT2D eigenvalue weighted by Crippen LogP contribution is -2.45. The molecule has 118 valence electrons. The number of amides is 2. The number of hydrogen-bond acceptors (Lipinski definition) is 3. The van der Waals surface area contributed by atoms with E-state index in [9.17, 15) is 9.59 Å². The molecule has 0 aromatic carbocycles. The molecule has 7 nitrogen and oxygen atoms in total. The monoisotopic (exact) mass is 296 g/mol. The summed E-state index contributed by atoms with van der Waals surface area (Å²) in [7, 11) is 0. The van der Waals surface area contributed by atoms with E-state index in [0.717, 1.165) is 24.4 Å². The molecule has 7 heteroatoms. The highest BCUT2D eigenvalue weighted by atomic mass is 16.4. The number of aromatic nitrogens is 2. The van der Waals surface area contributed by atoms with Crippen molar-refractivity contribution in [2.75, 3.05) is 6.54 Å². The van der Waals surface area contributed by atoms with Crippen LogP contribution in [0.4, 0.5) is 4.79 Å². The summed E-state index contributed by atoms with van der Waals surface area (Å²) in [6.45, 7) is 8.43. The molecule has 2 unspecified atom stereocenters. The summed E-state index contributed by atoms with van der Waals surface area (Å²) >= 11 is 0. The second kappa shape index (κ2) is 7.66. The zero-order chi connectivity index (χ0) is 16.0. The molecule has 1 rings (SSSR count). The average Bonchev–Trinajstić information content (AvgIpc) is 2.71. The number of aryl methyl sites for hydroxylation is 3. The number of hydrogen-bond donors (Lipinski definition) is 3. The van der Waals surface area contributed by atoms with E-state index in [0.29, 0.717) is 6.54 Å². The number of carboxylic acids is 1. The molecule has 21 heavy (non-hydrogen) atoms. The number of carbonyl (C=O) groups excluding carboxylic acids is 1. The molecule has 0 aliphatic carbocycles. The van der Waals surface area contributed by atoms with Crippen molar-refractivity contribution in [3.8, 4) is 0 Å². The van der Waals surface area contributed by atoms with Gasteiger partial charge in [0.05, 0.1) is 11.6 Å². The zero-order valence-corrected chi connectivity index (χ0v) is 13.0. The van der Waals surface area contributed by atoms with E-state index in [4.69, 9.17) is 5.11 Å². The van der Waals surface area contributed by atoms with Crippen LogP contribution in [0.1, 0.15) is 31.7 Å². The first-order valence-electron chi connectivity index (χ1n) is 7.09. The molecule has 1 heterocycles. The van der Waals surface area contributed by atoms with Gasteiger partial charge in [0.15, 0.2) is 0 Å². The first-order valence-corrected chi connectivity index (χ1v) is 7.09. The minimum Gasteiger partial charge on any atom is -0.481 e.